The standard InChI is InChI=1S/C14H12ClN3O/c1-19-12-6-7-18-14(9-12)16-13(17-18)8-10-2-4-11(15)5-3-10/h2-7,9H,8H2,1H3. The molecule has 0 radical (unpaired) electrons. The number of rotatable bonds is 3. The number of hydrogen-bond acceptors (Lipinski definition) is 3. The number of nitrogens with zero attached hydrogens (tertiary/aromatic N) is 3. The fraction of sp³-hybridized carbons (Fsp3) is 0.143. The Hall–Kier alpha value is -2.07. The van der Waals surface area contributed by atoms with E-state index in [1.54, 1.807) is 11.6 Å². The Labute approximate surface area is 115 Å². The van der Waals surface area contributed by atoms with Gasteiger partial charge in [0.2, 0.25) is 0 Å². The van der Waals surface area contributed by atoms with Gasteiger partial charge in [0.15, 0.2) is 11.5 Å². The average molecular weight is 274 g/mol. The number of halogens is 1. The Kier molecular flexibility index (Phi) is 3.09. The van der Waals surface area contributed by atoms with Crippen molar-refractivity contribution in [1.82, 2.24) is 14.6 Å². The Bertz CT molecular complexity index is 706. The highest BCUT2D eigenvalue weighted by Gasteiger charge is 2.05. The molecule has 0 fully saturated rings. The number of pyridine rings is 1. The Balaban J connectivity index is 1.90. The Morgan fingerprint density at radius 2 is 2.00 bits per heavy atom. The van der Waals surface area contributed by atoms with E-state index in [2.05, 4.69) is 10.1 Å². The highest BCUT2D eigenvalue weighted by Crippen LogP contribution is 2.15. The predicted octanol–water partition coefficient (Wildman–Crippen LogP) is 2.98. The molecule has 0 aliphatic carbocycles. The fourth-order valence-electron chi connectivity index (χ4n) is 1.90. The first-order valence-corrected chi connectivity index (χ1v) is 6.26. The third-order valence-corrected chi connectivity index (χ3v) is 3.12. The summed E-state index contributed by atoms with van der Waals surface area (Å²) in [4.78, 5) is 4.48. The van der Waals surface area contributed by atoms with Crippen molar-refractivity contribution in [2.45, 2.75) is 6.42 Å². The van der Waals surface area contributed by atoms with E-state index in [0.717, 1.165) is 27.8 Å². The summed E-state index contributed by atoms with van der Waals surface area (Å²) in [6.07, 6.45) is 2.52. The second kappa shape index (κ2) is 4.90. The van der Waals surface area contributed by atoms with E-state index in [1.165, 1.54) is 0 Å². The predicted molar refractivity (Wildman–Crippen MR) is 73.8 cm³/mol. The van der Waals surface area contributed by atoms with Crippen LogP contribution in [0.3, 0.4) is 0 Å². The van der Waals surface area contributed by atoms with Crippen molar-refractivity contribution in [3.8, 4) is 5.75 Å². The molecule has 0 aliphatic heterocycles. The van der Waals surface area contributed by atoms with Gasteiger partial charge in [0.05, 0.1) is 7.11 Å². The van der Waals surface area contributed by atoms with E-state index < -0.39 is 0 Å². The van der Waals surface area contributed by atoms with Crippen molar-refractivity contribution in [3.05, 3.63) is 59.0 Å². The highest BCUT2D eigenvalue weighted by molar-refractivity contribution is 6.30. The van der Waals surface area contributed by atoms with Crippen LogP contribution in [-0.2, 0) is 6.42 Å². The summed E-state index contributed by atoms with van der Waals surface area (Å²) in [5.74, 6) is 1.55. The smallest absolute Gasteiger partial charge is 0.159 e. The molecule has 96 valence electrons. The van der Waals surface area contributed by atoms with Gasteiger partial charge in [-0.25, -0.2) is 9.50 Å². The molecule has 0 spiro atoms. The molecule has 19 heavy (non-hydrogen) atoms. The van der Waals surface area contributed by atoms with Crippen molar-refractivity contribution >= 4 is 17.2 Å². The number of hydrogen-bond donors (Lipinski definition) is 0. The molecular weight excluding hydrogens is 262 g/mol. The van der Waals surface area contributed by atoms with Crippen LogP contribution in [0.2, 0.25) is 5.02 Å². The van der Waals surface area contributed by atoms with Crippen LogP contribution in [-0.4, -0.2) is 21.7 Å². The van der Waals surface area contributed by atoms with Gasteiger partial charge in [-0.1, -0.05) is 23.7 Å². The molecule has 0 aliphatic rings. The summed E-state index contributed by atoms with van der Waals surface area (Å²) in [6.45, 7) is 0. The average Bonchev–Trinajstić information content (AvgIpc) is 2.82. The largest absolute Gasteiger partial charge is 0.497 e. The molecule has 5 heteroatoms. The monoisotopic (exact) mass is 273 g/mol. The molecule has 0 atom stereocenters. The Morgan fingerprint density at radius 1 is 1.21 bits per heavy atom. The first kappa shape index (κ1) is 12.0. The molecule has 0 bridgehead atoms. The maximum absolute atomic E-state index is 5.86. The molecule has 1 aromatic carbocycles. The summed E-state index contributed by atoms with van der Waals surface area (Å²) in [6, 6.07) is 11.4. The van der Waals surface area contributed by atoms with E-state index in [-0.39, 0.29) is 0 Å². The summed E-state index contributed by atoms with van der Waals surface area (Å²) in [5.41, 5.74) is 1.91. The highest BCUT2D eigenvalue weighted by atomic mass is 35.5. The summed E-state index contributed by atoms with van der Waals surface area (Å²) in [5, 5.41) is 5.16. The molecule has 0 saturated heterocycles. The van der Waals surface area contributed by atoms with Gasteiger partial charge in [0.25, 0.3) is 0 Å². The topological polar surface area (TPSA) is 39.4 Å². The number of methoxy groups -OCH3 is 1. The van der Waals surface area contributed by atoms with Crippen LogP contribution in [0.5, 0.6) is 5.75 Å². The van der Waals surface area contributed by atoms with Gasteiger partial charge in [-0.3, -0.25) is 0 Å². The summed E-state index contributed by atoms with van der Waals surface area (Å²) in [7, 11) is 1.64. The molecule has 4 nitrogen and oxygen atoms in total. The zero-order valence-corrected chi connectivity index (χ0v) is 11.1. The van der Waals surface area contributed by atoms with E-state index in [4.69, 9.17) is 16.3 Å². The van der Waals surface area contributed by atoms with E-state index in [1.807, 2.05) is 42.6 Å². The molecule has 0 saturated carbocycles. The maximum atomic E-state index is 5.86. The zero-order chi connectivity index (χ0) is 13.2. The van der Waals surface area contributed by atoms with E-state index in [0.29, 0.717) is 6.42 Å². The van der Waals surface area contributed by atoms with Crippen LogP contribution in [0, 0.1) is 0 Å². The molecule has 2 heterocycles. The van der Waals surface area contributed by atoms with Crippen molar-refractivity contribution in [3.63, 3.8) is 0 Å². The molecule has 3 aromatic rings. The summed E-state index contributed by atoms with van der Waals surface area (Å²) < 4.78 is 6.91. The lowest BCUT2D eigenvalue weighted by Crippen LogP contribution is -1.92. The second-order valence-electron chi connectivity index (χ2n) is 4.20. The lowest BCUT2D eigenvalue weighted by atomic mass is 10.1. The van der Waals surface area contributed by atoms with E-state index in [9.17, 15) is 0 Å². The third-order valence-electron chi connectivity index (χ3n) is 2.86. The van der Waals surface area contributed by atoms with Crippen LogP contribution in [0.1, 0.15) is 11.4 Å². The fourth-order valence-corrected chi connectivity index (χ4v) is 2.02. The SMILES string of the molecule is COc1ccn2nc(Cc3ccc(Cl)cc3)nc2c1. The van der Waals surface area contributed by atoms with Gasteiger partial charge in [0.1, 0.15) is 5.75 Å². The van der Waals surface area contributed by atoms with Gasteiger partial charge in [-0.15, -0.1) is 0 Å². The second-order valence-corrected chi connectivity index (χ2v) is 4.64. The minimum absolute atomic E-state index is 0.682. The van der Waals surface area contributed by atoms with Gasteiger partial charge in [-0.05, 0) is 23.8 Å². The van der Waals surface area contributed by atoms with Gasteiger partial charge < -0.3 is 4.74 Å². The molecular formula is C14H12ClN3O. The van der Waals surface area contributed by atoms with Crippen LogP contribution in [0.15, 0.2) is 42.6 Å². The lowest BCUT2D eigenvalue weighted by Gasteiger charge is -1.97. The summed E-state index contributed by atoms with van der Waals surface area (Å²) >= 11 is 5.86. The van der Waals surface area contributed by atoms with Crippen molar-refractivity contribution in [1.29, 1.82) is 0 Å². The lowest BCUT2D eigenvalue weighted by molar-refractivity contribution is 0.414. The number of aromatic nitrogens is 3. The first-order chi connectivity index (χ1) is 9.24. The van der Waals surface area contributed by atoms with Crippen LogP contribution < -0.4 is 4.74 Å². The van der Waals surface area contributed by atoms with Crippen molar-refractivity contribution in [2.75, 3.05) is 7.11 Å². The molecule has 0 unspecified atom stereocenters. The molecule has 3 rings (SSSR count). The quantitative estimate of drug-likeness (QED) is 0.736. The van der Waals surface area contributed by atoms with Crippen molar-refractivity contribution in [2.24, 2.45) is 0 Å². The maximum Gasteiger partial charge on any atom is 0.159 e. The van der Waals surface area contributed by atoms with Gasteiger partial charge in [0, 0.05) is 23.7 Å². The normalized spacial score (nSPS) is 10.8. The minimum atomic E-state index is 0.682. The number of ether oxygens (including phenoxy) is 1. The first-order valence-electron chi connectivity index (χ1n) is 5.88. The number of fused-ring (bicyclic) bond motifs is 1. The third kappa shape index (κ3) is 2.53. The van der Waals surface area contributed by atoms with Crippen LogP contribution in [0.4, 0.5) is 0 Å². The Morgan fingerprint density at radius 3 is 2.74 bits per heavy atom. The van der Waals surface area contributed by atoms with Crippen molar-refractivity contribution < 1.29 is 4.74 Å². The minimum Gasteiger partial charge on any atom is -0.497 e. The number of benzene rings is 1. The van der Waals surface area contributed by atoms with Crippen LogP contribution in [0.25, 0.3) is 5.65 Å². The van der Waals surface area contributed by atoms with Gasteiger partial charge >= 0.3 is 0 Å². The molecule has 0 N–H and O–H groups in total. The zero-order valence-electron chi connectivity index (χ0n) is 10.4. The molecule has 2 aromatic heterocycles. The van der Waals surface area contributed by atoms with E-state index >= 15 is 0 Å². The molecule has 0 amide bonds. The van der Waals surface area contributed by atoms with Crippen LogP contribution >= 0.6 is 11.6 Å². The van der Waals surface area contributed by atoms with Gasteiger partial charge in [-0.2, -0.15) is 5.10 Å².